The van der Waals surface area contributed by atoms with Crippen LogP contribution in [0.15, 0.2) is 30.5 Å². The summed E-state index contributed by atoms with van der Waals surface area (Å²) in [6.45, 7) is 3.49. The number of nitrogens with zero attached hydrogens (tertiary/aromatic N) is 2. The smallest absolute Gasteiger partial charge is 0.229 e. The molecule has 0 atom stereocenters. The van der Waals surface area contributed by atoms with Crippen LogP contribution in [0.5, 0.6) is 0 Å². The summed E-state index contributed by atoms with van der Waals surface area (Å²) < 4.78 is 0. The second-order valence-electron chi connectivity index (χ2n) is 10.6. The summed E-state index contributed by atoms with van der Waals surface area (Å²) in [5, 5.41) is 13.6. The molecule has 0 bridgehead atoms. The van der Waals surface area contributed by atoms with Crippen LogP contribution in [0, 0.1) is 11.8 Å². The van der Waals surface area contributed by atoms with Crippen molar-refractivity contribution in [2.24, 2.45) is 11.8 Å². The van der Waals surface area contributed by atoms with Gasteiger partial charge in [0.25, 0.3) is 0 Å². The average Bonchev–Trinajstić information content (AvgIpc) is 3.53. The second-order valence-corrected chi connectivity index (χ2v) is 10.6. The Morgan fingerprint density at radius 1 is 1.00 bits per heavy atom. The molecule has 1 heterocycles. The van der Waals surface area contributed by atoms with Gasteiger partial charge in [-0.05, 0) is 81.0 Å². The first-order chi connectivity index (χ1) is 17.2. The Balaban J connectivity index is 1.12. The standard InChI is InChI=1S/C28H40N6O/c35-27(23-9-4-10-23)31-15-5-14-30-26-25(22-12-13-22)19-32-28(34-26)33-24-11-3-8-21(16-24)18-29-17-20-6-1-2-7-20/h3,8,11,16,19-20,22-23,29H,1-2,4-7,9-10,12-15,17-18H2,(H,31,35)(H2,30,32,33,34). The molecule has 1 aromatic carbocycles. The maximum Gasteiger partial charge on any atom is 0.229 e. The lowest BCUT2D eigenvalue weighted by Gasteiger charge is -2.24. The van der Waals surface area contributed by atoms with Gasteiger partial charge in [0, 0.05) is 43.0 Å². The molecule has 3 aliphatic carbocycles. The molecule has 0 unspecified atom stereocenters. The Morgan fingerprint density at radius 2 is 1.86 bits per heavy atom. The molecule has 1 aromatic heterocycles. The van der Waals surface area contributed by atoms with Crippen LogP contribution in [0.1, 0.15) is 81.3 Å². The number of nitrogens with one attached hydrogen (secondary N) is 4. The van der Waals surface area contributed by atoms with Gasteiger partial charge in [-0.3, -0.25) is 4.79 Å². The fraction of sp³-hybridized carbons (Fsp3) is 0.607. The number of anilines is 3. The highest BCUT2D eigenvalue weighted by Crippen LogP contribution is 2.42. The Kier molecular flexibility index (Phi) is 8.14. The lowest BCUT2D eigenvalue weighted by molar-refractivity contribution is -0.127. The highest BCUT2D eigenvalue weighted by Gasteiger charge is 2.28. The number of benzene rings is 1. The summed E-state index contributed by atoms with van der Waals surface area (Å²) in [7, 11) is 0. The normalized spacial score (nSPS) is 18.3. The van der Waals surface area contributed by atoms with E-state index in [2.05, 4.69) is 50.5 Å². The molecule has 2 aromatic rings. The molecule has 0 saturated heterocycles. The SMILES string of the molecule is O=C(NCCCNc1nc(Nc2cccc(CNCC3CCCC3)c2)ncc1C1CC1)C1CCC1. The third-order valence-electron chi connectivity index (χ3n) is 7.68. The molecule has 3 fully saturated rings. The number of carbonyl (C=O) groups is 1. The minimum Gasteiger partial charge on any atom is -0.370 e. The topological polar surface area (TPSA) is 91.0 Å². The van der Waals surface area contributed by atoms with Crippen LogP contribution in [-0.4, -0.2) is 35.5 Å². The van der Waals surface area contributed by atoms with E-state index in [0.29, 0.717) is 18.4 Å². The van der Waals surface area contributed by atoms with Crippen LogP contribution < -0.4 is 21.3 Å². The zero-order valence-corrected chi connectivity index (χ0v) is 20.8. The van der Waals surface area contributed by atoms with Crippen molar-refractivity contribution in [1.29, 1.82) is 0 Å². The zero-order valence-electron chi connectivity index (χ0n) is 20.8. The van der Waals surface area contributed by atoms with Crippen LogP contribution in [0.4, 0.5) is 17.5 Å². The molecule has 5 rings (SSSR count). The van der Waals surface area contributed by atoms with Gasteiger partial charge in [-0.15, -0.1) is 0 Å². The maximum atomic E-state index is 12.0. The van der Waals surface area contributed by atoms with E-state index in [1.165, 1.54) is 56.1 Å². The third-order valence-corrected chi connectivity index (χ3v) is 7.68. The van der Waals surface area contributed by atoms with E-state index < -0.39 is 0 Å². The molecular weight excluding hydrogens is 436 g/mol. The van der Waals surface area contributed by atoms with Crippen LogP contribution in [-0.2, 0) is 11.3 Å². The predicted molar refractivity (Wildman–Crippen MR) is 141 cm³/mol. The van der Waals surface area contributed by atoms with Crippen LogP contribution in [0.2, 0.25) is 0 Å². The Labute approximate surface area is 209 Å². The number of carbonyl (C=O) groups excluding carboxylic acids is 1. The van der Waals surface area contributed by atoms with Gasteiger partial charge in [0.15, 0.2) is 0 Å². The van der Waals surface area contributed by atoms with Crippen molar-refractivity contribution in [3.8, 4) is 0 Å². The van der Waals surface area contributed by atoms with Gasteiger partial charge in [-0.2, -0.15) is 4.98 Å². The van der Waals surface area contributed by atoms with Gasteiger partial charge in [-0.25, -0.2) is 4.98 Å². The van der Waals surface area contributed by atoms with Crippen molar-refractivity contribution in [1.82, 2.24) is 20.6 Å². The molecule has 188 valence electrons. The van der Waals surface area contributed by atoms with Crippen LogP contribution in [0.25, 0.3) is 0 Å². The van der Waals surface area contributed by atoms with Gasteiger partial charge in [0.05, 0.1) is 0 Å². The summed E-state index contributed by atoms with van der Waals surface area (Å²) in [5.41, 5.74) is 3.48. The molecule has 4 N–H and O–H groups in total. The minimum atomic E-state index is 0.222. The monoisotopic (exact) mass is 476 g/mol. The van der Waals surface area contributed by atoms with Gasteiger partial charge in [0.1, 0.15) is 5.82 Å². The molecule has 0 spiro atoms. The number of rotatable bonds is 13. The van der Waals surface area contributed by atoms with Gasteiger partial charge in [-0.1, -0.05) is 31.4 Å². The molecule has 0 radical (unpaired) electrons. The lowest BCUT2D eigenvalue weighted by atomic mass is 9.85. The van der Waals surface area contributed by atoms with Gasteiger partial charge >= 0.3 is 0 Å². The van der Waals surface area contributed by atoms with Crippen molar-refractivity contribution in [2.45, 2.75) is 76.7 Å². The molecule has 1 amide bonds. The predicted octanol–water partition coefficient (Wildman–Crippen LogP) is 5.10. The Bertz CT molecular complexity index is 981. The molecule has 3 aliphatic rings. The Hall–Kier alpha value is -2.67. The van der Waals surface area contributed by atoms with Crippen molar-refractivity contribution >= 4 is 23.4 Å². The van der Waals surface area contributed by atoms with Gasteiger partial charge < -0.3 is 21.3 Å². The lowest BCUT2D eigenvalue weighted by Crippen LogP contribution is -2.35. The summed E-state index contributed by atoms with van der Waals surface area (Å²) in [6.07, 6.45) is 14.1. The maximum absolute atomic E-state index is 12.0. The number of hydrogen-bond acceptors (Lipinski definition) is 6. The first-order valence-electron chi connectivity index (χ1n) is 13.7. The molecule has 7 nitrogen and oxygen atoms in total. The fourth-order valence-electron chi connectivity index (χ4n) is 5.13. The van der Waals surface area contributed by atoms with E-state index in [1.807, 2.05) is 6.20 Å². The molecule has 7 heteroatoms. The van der Waals surface area contributed by atoms with Crippen LogP contribution in [0.3, 0.4) is 0 Å². The van der Waals surface area contributed by atoms with Crippen molar-refractivity contribution in [3.05, 3.63) is 41.6 Å². The van der Waals surface area contributed by atoms with Crippen molar-refractivity contribution < 1.29 is 4.79 Å². The average molecular weight is 477 g/mol. The third kappa shape index (κ3) is 6.94. The number of hydrogen-bond donors (Lipinski definition) is 4. The highest BCUT2D eigenvalue weighted by atomic mass is 16.1. The van der Waals surface area contributed by atoms with E-state index in [0.717, 1.165) is 56.3 Å². The van der Waals surface area contributed by atoms with Gasteiger partial charge in [0.2, 0.25) is 11.9 Å². The molecular formula is C28H40N6O. The molecule has 0 aliphatic heterocycles. The van der Waals surface area contributed by atoms with E-state index in [-0.39, 0.29) is 11.8 Å². The second kappa shape index (κ2) is 11.8. The van der Waals surface area contributed by atoms with Crippen LogP contribution >= 0.6 is 0 Å². The zero-order chi connectivity index (χ0) is 23.9. The largest absolute Gasteiger partial charge is 0.370 e. The van der Waals surface area contributed by atoms with E-state index in [1.54, 1.807) is 0 Å². The first-order valence-corrected chi connectivity index (χ1v) is 13.7. The Morgan fingerprint density at radius 3 is 2.63 bits per heavy atom. The van der Waals surface area contributed by atoms with E-state index in [9.17, 15) is 4.79 Å². The summed E-state index contributed by atoms with van der Waals surface area (Å²) in [5.74, 6) is 3.43. The first kappa shape index (κ1) is 24.0. The summed E-state index contributed by atoms with van der Waals surface area (Å²) >= 11 is 0. The fourth-order valence-corrected chi connectivity index (χ4v) is 5.13. The minimum absolute atomic E-state index is 0.222. The number of aromatic nitrogens is 2. The molecule has 3 saturated carbocycles. The summed E-state index contributed by atoms with van der Waals surface area (Å²) in [4.78, 5) is 21.4. The molecule has 35 heavy (non-hydrogen) atoms. The van der Waals surface area contributed by atoms with E-state index >= 15 is 0 Å². The van der Waals surface area contributed by atoms with Crippen molar-refractivity contribution in [3.63, 3.8) is 0 Å². The summed E-state index contributed by atoms with van der Waals surface area (Å²) in [6, 6.07) is 8.50. The number of amides is 1. The van der Waals surface area contributed by atoms with Crippen molar-refractivity contribution in [2.75, 3.05) is 30.3 Å². The quantitative estimate of drug-likeness (QED) is 0.301. The van der Waals surface area contributed by atoms with E-state index in [4.69, 9.17) is 4.98 Å². The highest BCUT2D eigenvalue weighted by molar-refractivity contribution is 5.79.